The summed E-state index contributed by atoms with van der Waals surface area (Å²) >= 11 is 0. The van der Waals surface area contributed by atoms with Crippen LogP contribution in [0, 0.1) is 6.92 Å². The van der Waals surface area contributed by atoms with Crippen LogP contribution in [0.15, 0.2) is 42.9 Å². The molecule has 1 saturated heterocycles. The smallest absolute Gasteiger partial charge is 0.256 e. The van der Waals surface area contributed by atoms with E-state index in [1.165, 1.54) is 6.20 Å². The van der Waals surface area contributed by atoms with Crippen LogP contribution < -0.4 is 20.3 Å². The van der Waals surface area contributed by atoms with Gasteiger partial charge in [0.15, 0.2) is 0 Å². The molecule has 178 valence electrons. The Kier molecular flexibility index (Phi) is 7.48. The molecular weight excluding hydrogens is 434 g/mol. The van der Waals surface area contributed by atoms with Crippen LogP contribution >= 0.6 is 0 Å². The van der Waals surface area contributed by atoms with Gasteiger partial charge in [0.25, 0.3) is 5.91 Å². The maximum atomic E-state index is 13.0. The Labute approximate surface area is 198 Å². The third kappa shape index (κ3) is 5.40. The van der Waals surface area contributed by atoms with Crippen molar-refractivity contribution < 1.29 is 14.6 Å². The zero-order chi connectivity index (χ0) is 23.9. The van der Waals surface area contributed by atoms with Gasteiger partial charge in [-0.25, -0.2) is 15.0 Å². The molecule has 2 aromatic heterocycles. The van der Waals surface area contributed by atoms with Crippen LogP contribution in [0.1, 0.15) is 40.2 Å². The van der Waals surface area contributed by atoms with Gasteiger partial charge in [-0.1, -0.05) is 12.1 Å². The number of benzene rings is 1. The van der Waals surface area contributed by atoms with Crippen molar-refractivity contribution in [2.45, 2.75) is 38.9 Å². The minimum absolute atomic E-state index is 0.0213. The van der Waals surface area contributed by atoms with Gasteiger partial charge in [0.05, 0.1) is 26.3 Å². The first-order valence-electron chi connectivity index (χ1n) is 11.2. The Morgan fingerprint density at radius 3 is 2.79 bits per heavy atom. The predicted molar refractivity (Wildman–Crippen MR) is 128 cm³/mol. The molecule has 3 aromatic rings. The van der Waals surface area contributed by atoms with Crippen molar-refractivity contribution >= 4 is 17.7 Å². The molecule has 10 nitrogen and oxygen atoms in total. The zero-order valence-electron chi connectivity index (χ0n) is 19.4. The Hall–Kier alpha value is -3.79. The summed E-state index contributed by atoms with van der Waals surface area (Å²) in [6.07, 6.45) is 6.63. The van der Waals surface area contributed by atoms with E-state index in [1.807, 2.05) is 30.0 Å². The minimum atomic E-state index is -0.326. The summed E-state index contributed by atoms with van der Waals surface area (Å²) < 4.78 is 5.34. The summed E-state index contributed by atoms with van der Waals surface area (Å²) in [5.74, 6) is 1.92. The van der Waals surface area contributed by atoms with Gasteiger partial charge in [0.1, 0.15) is 23.0 Å². The largest absolute Gasteiger partial charge is 0.496 e. The molecule has 1 aliphatic heterocycles. The van der Waals surface area contributed by atoms with Crippen LogP contribution in [0.5, 0.6) is 5.75 Å². The fourth-order valence-corrected chi connectivity index (χ4v) is 4.01. The lowest BCUT2D eigenvalue weighted by atomic mass is 10.1. The average Bonchev–Trinajstić information content (AvgIpc) is 3.35. The molecule has 0 unspecified atom stereocenters. The number of nitrogens with zero attached hydrogens (tertiary/aromatic N) is 5. The summed E-state index contributed by atoms with van der Waals surface area (Å²) in [7, 11) is 1.64. The molecule has 1 fully saturated rings. The maximum absolute atomic E-state index is 13.0. The molecule has 10 heteroatoms. The third-order valence-corrected chi connectivity index (χ3v) is 5.81. The second-order valence-corrected chi connectivity index (χ2v) is 8.11. The van der Waals surface area contributed by atoms with E-state index in [0.29, 0.717) is 29.7 Å². The molecule has 4 rings (SSSR count). The van der Waals surface area contributed by atoms with E-state index < -0.39 is 0 Å². The van der Waals surface area contributed by atoms with Gasteiger partial charge in [-0.15, -0.1) is 0 Å². The Morgan fingerprint density at radius 2 is 2.06 bits per heavy atom. The van der Waals surface area contributed by atoms with Gasteiger partial charge < -0.3 is 25.4 Å². The van der Waals surface area contributed by atoms with Crippen molar-refractivity contribution in [3.05, 3.63) is 65.4 Å². The second-order valence-electron chi connectivity index (χ2n) is 8.11. The lowest BCUT2D eigenvalue weighted by molar-refractivity contribution is 0.0950. The number of methoxy groups -OCH3 is 1. The van der Waals surface area contributed by atoms with E-state index in [0.717, 1.165) is 36.3 Å². The van der Waals surface area contributed by atoms with E-state index in [2.05, 4.69) is 30.6 Å². The first-order valence-corrected chi connectivity index (χ1v) is 11.2. The number of carbonyl (C=O) groups excluding carboxylic acids is 1. The van der Waals surface area contributed by atoms with Crippen molar-refractivity contribution in [1.82, 2.24) is 25.3 Å². The van der Waals surface area contributed by atoms with E-state index >= 15 is 0 Å². The summed E-state index contributed by atoms with van der Waals surface area (Å²) in [4.78, 5) is 32.4. The van der Waals surface area contributed by atoms with Gasteiger partial charge in [-0.2, -0.15) is 4.98 Å². The summed E-state index contributed by atoms with van der Waals surface area (Å²) in [5, 5.41) is 15.8. The van der Waals surface area contributed by atoms with Gasteiger partial charge in [0.2, 0.25) is 5.95 Å². The number of aromatic nitrogens is 4. The number of carbonyl (C=O) groups is 1. The monoisotopic (exact) mass is 463 g/mol. The summed E-state index contributed by atoms with van der Waals surface area (Å²) in [5.41, 5.74) is 2.37. The number of anilines is 2. The normalized spacial score (nSPS) is 15.3. The number of hydrogen-bond donors (Lipinski definition) is 3. The average molecular weight is 464 g/mol. The second kappa shape index (κ2) is 10.9. The number of amides is 1. The highest BCUT2D eigenvalue weighted by molar-refractivity contribution is 5.98. The number of nitrogens with one attached hydrogen (secondary N) is 2. The molecule has 3 heterocycles. The molecule has 3 N–H and O–H groups in total. The molecule has 0 aliphatic carbocycles. The lowest BCUT2D eigenvalue weighted by Crippen LogP contribution is -2.34. The lowest BCUT2D eigenvalue weighted by Gasteiger charge is -2.24. The zero-order valence-corrected chi connectivity index (χ0v) is 19.4. The highest BCUT2D eigenvalue weighted by Gasteiger charge is 2.27. The van der Waals surface area contributed by atoms with Gasteiger partial charge in [-0.05, 0) is 43.0 Å². The first-order chi connectivity index (χ1) is 16.6. The number of hydrogen-bond acceptors (Lipinski definition) is 9. The van der Waals surface area contributed by atoms with E-state index in [9.17, 15) is 9.90 Å². The summed E-state index contributed by atoms with van der Waals surface area (Å²) in [6.45, 7) is 3.44. The first kappa shape index (κ1) is 23.4. The van der Waals surface area contributed by atoms with E-state index in [-0.39, 0.29) is 25.1 Å². The number of aliphatic hydroxyl groups is 1. The van der Waals surface area contributed by atoms with Gasteiger partial charge in [-0.3, -0.25) is 4.79 Å². The van der Waals surface area contributed by atoms with Crippen LogP contribution in [0.3, 0.4) is 0 Å². The maximum Gasteiger partial charge on any atom is 0.256 e. The standard InChI is InChI=1S/C24H29N7O3/c1-16-11-17(6-7-20(16)34-2)12-27-22-19(23(33)28-14-21-25-8-4-9-26-21)13-29-24(30-22)31-10-3-5-18(31)15-32/h4,6-9,11,13,18,32H,3,5,10,12,14-15H2,1-2H3,(H,28,33)(H,27,29,30)/t18-/m0/s1. The number of aliphatic hydroxyl groups excluding tert-OH is 1. The van der Waals surface area contributed by atoms with Crippen molar-refractivity contribution in [1.29, 1.82) is 0 Å². The molecule has 1 amide bonds. The Balaban J connectivity index is 1.56. The number of aryl methyl sites for hydroxylation is 1. The molecule has 0 saturated carbocycles. The van der Waals surface area contributed by atoms with Crippen molar-refractivity contribution in [3.63, 3.8) is 0 Å². The fourth-order valence-electron chi connectivity index (χ4n) is 4.01. The summed E-state index contributed by atoms with van der Waals surface area (Å²) in [6, 6.07) is 7.62. The molecule has 0 spiro atoms. The van der Waals surface area contributed by atoms with Crippen LogP contribution in [0.4, 0.5) is 11.8 Å². The van der Waals surface area contributed by atoms with Gasteiger partial charge in [0, 0.05) is 31.7 Å². The Morgan fingerprint density at radius 1 is 1.24 bits per heavy atom. The third-order valence-electron chi connectivity index (χ3n) is 5.81. The molecule has 1 aliphatic rings. The molecule has 34 heavy (non-hydrogen) atoms. The minimum Gasteiger partial charge on any atom is -0.496 e. The number of ether oxygens (including phenoxy) is 1. The van der Waals surface area contributed by atoms with E-state index in [1.54, 1.807) is 25.6 Å². The molecule has 1 aromatic carbocycles. The van der Waals surface area contributed by atoms with Crippen LogP contribution in [0.2, 0.25) is 0 Å². The molecule has 1 atom stereocenters. The molecule has 0 radical (unpaired) electrons. The van der Waals surface area contributed by atoms with Gasteiger partial charge >= 0.3 is 0 Å². The quantitative estimate of drug-likeness (QED) is 0.437. The van der Waals surface area contributed by atoms with Crippen molar-refractivity contribution in [2.24, 2.45) is 0 Å². The van der Waals surface area contributed by atoms with E-state index in [4.69, 9.17) is 4.74 Å². The highest BCUT2D eigenvalue weighted by atomic mass is 16.5. The predicted octanol–water partition coefficient (Wildman–Crippen LogP) is 2.09. The topological polar surface area (TPSA) is 125 Å². The highest BCUT2D eigenvalue weighted by Crippen LogP contribution is 2.25. The van der Waals surface area contributed by atoms with Crippen LogP contribution in [-0.2, 0) is 13.1 Å². The molecular formula is C24H29N7O3. The SMILES string of the molecule is COc1ccc(CNc2nc(N3CCC[C@H]3CO)ncc2C(=O)NCc2ncccn2)cc1C. The van der Waals surface area contributed by atoms with Crippen molar-refractivity contribution in [3.8, 4) is 5.75 Å². The molecule has 0 bridgehead atoms. The fraction of sp³-hybridized carbons (Fsp3) is 0.375. The van der Waals surface area contributed by atoms with Crippen molar-refractivity contribution in [2.75, 3.05) is 30.5 Å². The Bertz CT molecular complexity index is 1130. The van der Waals surface area contributed by atoms with Crippen LogP contribution in [0.25, 0.3) is 0 Å². The number of rotatable bonds is 9. The van der Waals surface area contributed by atoms with Crippen LogP contribution in [-0.4, -0.2) is 57.3 Å².